The summed E-state index contributed by atoms with van der Waals surface area (Å²) in [4.78, 5) is 0. The van der Waals surface area contributed by atoms with Crippen molar-refractivity contribution in [2.75, 3.05) is 7.05 Å². The molecule has 0 radical (unpaired) electrons. The highest BCUT2D eigenvalue weighted by Gasteiger charge is 2.21. The summed E-state index contributed by atoms with van der Waals surface area (Å²) in [6.07, 6.45) is 0. The lowest BCUT2D eigenvalue weighted by atomic mass is 9.91. The molecule has 0 aliphatic carbocycles. The minimum Gasteiger partial charge on any atom is -0.309 e. The van der Waals surface area contributed by atoms with Crippen molar-refractivity contribution < 1.29 is 4.39 Å². The zero-order chi connectivity index (χ0) is 14.9. The first-order valence-corrected chi connectivity index (χ1v) is 7.02. The monoisotopic (exact) mass is 291 g/mol. The van der Waals surface area contributed by atoms with Crippen molar-refractivity contribution in [3.8, 4) is 0 Å². The van der Waals surface area contributed by atoms with Crippen molar-refractivity contribution in [2.24, 2.45) is 0 Å². The Hall–Kier alpha value is -1.38. The highest BCUT2D eigenvalue weighted by Crippen LogP contribution is 2.32. The van der Waals surface area contributed by atoms with E-state index in [2.05, 4.69) is 5.32 Å². The summed E-state index contributed by atoms with van der Waals surface area (Å²) in [5.41, 5.74) is 4.55. The fraction of sp³-hybridized carbons (Fsp3) is 0.294. The van der Waals surface area contributed by atoms with Crippen LogP contribution in [0.1, 0.15) is 33.9 Å². The van der Waals surface area contributed by atoms with Gasteiger partial charge in [-0.05, 0) is 62.2 Å². The average molecular weight is 292 g/mol. The Kier molecular flexibility index (Phi) is 4.46. The molecule has 0 aliphatic heterocycles. The van der Waals surface area contributed by atoms with Crippen LogP contribution in [-0.2, 0) is 0 Å². The van der Waals surface area contributed by atoms with Gasteiger partial charge in [-0.3, -0.25) is 0 Å². The zero-order valence-electron chi connectivity index (χ0n) is 12.2. The molecule has 0 amide bonds. The molecular weight excluding hydrogens is 273 g/mol. The van der Waals surface area contributed by atoms with Crippen molar-refractivity contribution in [1.29, 1.82) is 0 Å². The maximum absolute atomic E-state index is 14.4. The summed E-state index contributed by atoms with van der Waals surface area (Å²) in [5, 5.41) is 3.91. The summed E-state index contributed by atoms with van der Waals surface area (Å²) in [6.45, 7) is 5.80. The molecule has 0 saturated heterocycles. The van der Waals surface area contributed by atoms with Crippen LogP contribution in [0, 0.1) is 26.6 Å². The van der Waals surface area contributed by atoms with E-state index in [1.807, 2.05) is 52.1 Å². The summed E-state index contributed by atoms with van der Waals surface area (Å²) in [5.74, 6) is -0.179. The van der Waals surface area contributed by atoms with Crippen molar-refractivity contribution in [2.45, 2.75) is 26.8 Å². The Morgan fingerprint density at radius 2 is 1.85 bits per heavy atom. The van der Waals surface area contributed by atoms with Gasteiger partial charge in [0.1, 0.15) is 5.82 Å². The molecule has 0 spiro atoms. The molecule has 0 bridgehead atoms. The molecular formula is C17H19ClFN. The first-order chi connectivity index (χ1) is 9.45. The minimum absolute atomic E-state index is 0.179. The number of benzene rings is 2. The van der Waals surface area contributed by atoms with Crippen LogP contribution >= 0.6 is 11.6 Å². The highest BCUT2D eigenvalue weighted by atomic mass is 35.5. The van der Waals surface area contributed by atoms with Gasteiger partial charge in [-0.25, -0.2) is 4.39 Å². The van der Waals surface area contributed by atoms with Crippen LogP contribution in [0.25, 0.3) is 0 Å². The molecule has 2 rings (SSSR count). The van der Waals surface area contributed by atoms with Crippen LogP contribution in [0.5, 0.6) is 0 Å². The molecule has 1 unspecified atom stereocenters. The van der Waals surface area contributed by atoms with E-state index in [0.29, 0.717) is 10.6 Å². The van der Waals surface area contributed by atoms with Crippen LogP contribution < -0.4 is 5.32 Å². The van der Waals surface area contributed by atoms with Crippen LogP contribution in [0.2, 0.25) is 5.02 Å². The van der Waals surface area contributed by atoms with Crippen molar-refractivity contribution in [3.05, 3.63) is 69.0 Å². The molecule has 0 heterocycles. The number of hydrogen-bond acceptors (Lipinski definition) is 1. The molecule has 1 nitrogen and oxygen atoms in total. The van der Waals surface area contributed by atoms with E-state index in [9.17, 15) is 4.39 Å². The number of rotatable bonds is 3. The van der Waals surface area contributed by atoms with E-state index < -0.39 is 0 Å². The maximum Gasteiger partial charge on any atom is 0.128 e. The Bertz CT molecular complexity index is 614. The molecule has 2 aromatic rings. The van der Waals surface area contributed by atoms with Crippen LogP contribution in [0.15, 0.2) is 30.3 Å². The number of aryl methyl sites for hydroxylation is 2. The fourth-order valence-electron chi connectivity index (χ4n) is 2.68. The Balaban J connectivity index is 2.62. The van der Waals surface area contributed by atoms with Crippen molar-refractivity contribution >= 4 is 11.6 Å². The Morgan fingerprint density at radius 3 is 2.45 bits per heavy atom. The largest absolute Gasteiger partial charge is 0.309 e. The van der Waals surface area contributed by atoms with Gasteiger partial charge in [0.25, 0.3) is 0 Å². The third-order valence-corrected chi connectivity index (χ3v) is 4.09. The predicted octanol–water partition coefficient (Wildman–Crippen LogP) is 4.71. The Labute approximate surface area is 124 Å². The van der Waals surface area contributed by atoms with Gasteiger partial charge in [0.15, 0.2) is 0 Å². The first-order valence-electron chi connectivity index (χ1n) is 6.64. The van der Waals surface area contributed by atoms with E-state index in [4.69, 9.17) is 11.6 Å². The van der Waals surface area contributed by atoms with Crippen molar-refractivity contribution in [3.63, 3.8) is 0 Å². The lowest BCUT2D eigenvalue weighted by molar-refractivity contribution is 0.571. The number of halogens is 2. The van der Waals surface area contributed by atoms with E-state index in [1.165, 1.54) is 0 Å². The highest BCUT2D eigenvalue weighted by molar-refractivity contribution is 6.31. The van der Waals surface area contributed by atoms with Gasteiger partial charge in [-0.15, -0.1) is 0 Å². The normalized spacial score (nSPS) is 12.5. The van der Waals surface area contributed by atoms with Crippen molar-refractivity contribution in [1.82, 2.24) is 5.32 Å². The van der Waals surface area contributed by atoms with E-state index in [1.54, 1.807) is 6.07 Å². The van der Waals surface area contributed by atoms with Gasteiger partial charge >= 0.3 is 0 Å². The third kappa shape index (κ3) is 2.72. The molecule has 0 saturated carbocycles. The summed E-state index contributed by atoms with van der Waals surface area (Å²) in [6, 6.07) is 9.12. The molecule has 1 atom stereocenters. The number of nitrogens with one attached hydrogen (secondary N) is 1. The second-order valence-corrected chi connectivity index (χ2v) is 5.56. The summed E-state index contributed by atoms with van der Waals surface area (Å²) < 4.78 is 14.4. The Morgan fingerprint density at radius 1 is 1.15 bits per heavy atom. The predicted molar refractivity (Wildman–Crippen MR) is 83.0 cm³/mol. The van der Waals surface area contributed by atoms with Crippen LogP contribution in [0.3, 0.4) is 0 Å². The van der Waals surface area contributed by atoms with Crippen LogP contribution in [-0.4, -0.2) is 7.05 Å². The topological polar surface area (TPSA) is 12.0 Å². The number of hydrogen-bond donors (Lipinski definition) is 1. The lowest BCUT2D eigenvalue weighted by Gasteiger charge is -2.22. The maximum atomic E-state index is 14.4. The molecule has 0 fully saturated rings. The fourth-order valence-corrected chi connectivity index (χ4v) is 2.87. The summed E-state index contributed by atoms with van der Waals surface area (Å²) >= 11 is 6.19. The molecule has 2 aromatic carbocycles. The third-order valence-electron chi connectivity index (χ3n) is 3.68. The van der Waals surface area contributed by atoms with Gasteiger partial charge < -0.3 is 5.32 Å². The summed E-state index contributed by atoms with van der Waals surface area (Å²) in [7, 11) is 1.84. The van der Waals surface area contributed by atoms with Gasteiger partial charge in [0.2, 0.25) is 0 Å². The standard InChI is InChI=1S/C17H19ClFN/c1-10-8-11(2)16(15(19)9-10)17(20-4)13-6-5-7-14(18)12(13)3/h5-9,17,20H,1-4H3. The van der Waals surface area contributed by atoms with E-state index in [0.717, 1.165) is 22.3 Å². The smallest absolute Gasteiger partial charge is 0.128 e. The quantitative estimate of drug-likeness (QED) is 0.863. The van der Waals surface area contributed by atoms with Gasteiger partial charge in [0, 0.05) is 10.6 Å². The average Bonchev–Trinajstić information content (AvgIpc) is 2.37. The van der Waals surface area contributed by atoms with E-state index in [-0.39, 0.29) is 11.9 Å². The molecule has 1 N–H and O–H groups in total. The lowest BCUT2D eigenvalue weighted by Crippen LogP contribution is -2.21. The molecule has 20 heavy (non-hydrogen) atoms. The van der Waals surface area contributed by atoms with Gasteiger partial charge in [0.05, 0.1) is 6.04 Å². The first kappa shape index (κ1) is 15.0. The molecule has 0 aliphatic rings. The zero-order valence-corrected chi connectivity index (χ0v) is 13.0. The molecule has 0 aromatic heterocycles. The van der Waals surface area contributed by atoms with Gasteiger partial charge in [-0.1, -0.05) is 29.8 Å². The second-order valence-electron chi connectivity index (χ2n) is 5.15. The SMILES string of the molecule is CNC(c1cccc(Cl)c1C)c1c(C)cc(C)cc1F. The molecule has 3 heteroatoms. The molecule has 106 valence electrons. The second kappa shape index (κ2) is 5.94. The van der Waals surface area contributed by atoms with Gasteiger partial charge in [-0.2, -0.15) is 0 Å². The van der Waals surface area contributed by atoms with E-state index >= 15 is 0 Å². The minimum atomic E-state index is -0.200. The van der Waals surface area contributed by atoms with Crippen LogP contribution in [0.4, 0.5) is 4.39 Å².